The predicted octanol–water partition coefficient (Wildman–Crippen LogP) is 3.55. The maximum Gasteiger partial charge on any atom is 0.120 e. The first-order chi connectivity index (χ1) is 9.24. The van der Waals surface area contributed by atoms with E-state index >= 15 is 0 Å². The zero-order valence-electron chi connectivity index (χ0n) is 11.6. The standard InChI is InChI=1S/C17H21NO/c1-14-7-6-10-17(11-14)19-15(2)12-18-13-16-8-4-3-5-9-16/h3-11,15,18H,12-13H2,1-2H3. The highest BCUT2D eigenvalue weighted by atomic mass is 16.5. The molecule has 0 saturated heterocycles. The summed E-state index contributed by atoms with van der Waals surface area (Å²) >= 11 is 0. The van der Waals surface area contributed by atoms with Gasteiger partial charge in [0, 0.05) is 13.1 Å². The summed E-state index contributed by atoms with van der Waals surface area (Å²) in [5.41, 5.74) is 2.52. The minimum atomic E-state index is 0.158. The first-order valence-corrected chi connectivity index (χ1v) is 6.72. The van der Waals surface area contributed by atoms with Crippen molar-refractivity contribution in [1.82, 2.24) is 5.32 Å². The summed E-state index contributed by atoms with van der Waals surface area (Å²) < 4.78 is 5.87. The van der Waals surface area contributed by atoms with Crippen molar-refractivity contribution in [1.29, 1.82) is 0 Å². The van der Waals surface area contributed by atoms with Gasteiger partial charge in [0.2, 0.25) is 0 Å². The minimum absolute atomic E-state index is 0.158. The van der Waals surface area contributed by atoms with Crippen molar-refractivity contribution < 1.29 is 4.74 Å². The molecule has 2 aromatic rings. The summed E-state index contributed by atoms with van der Waals surface area (Å²) in [6, 6.07) is 18.6. The highest BCUT2D eigenvalue weighted by Crippen LogP contribution is 2.13. The van der Waals surface area contributed by atoms with Crippen molar-refractivity contribution in [2.75, 3.05) is 6.54 Å². The third-order valence-corrected chi connectivity index (χ3v) is 2.93. The van der Waals surface area contributed by atoms with Gasteiger partial charge >= 0.3 is 0 Å². The summed E-state index contributed by atoms with van der Waals surface area (Å²) in [7, 11) is 0. The predicted molar refractivity (Wildman–Crippen MR) is 79.4 cm³/mol. The quantitative estimate of drug-likeness (QED) is 0.852. The van der Waals surface area contributed by atoms with E-state index in [0.717, 1.165) is 18.8 Å². The molecule has 0 aliphatic heterocycles. The summed E-state index contributed by atoms with van der Waals surface area (Å²) in [5.74, 6) is 0.939. The van der Waals surface area contributed by atoms with Crippen molar-refractivity contribution >= 4 is 0 Å². The lowest BCUT2D eigenvalue weighted by molar-refractivity contribution is 0.216. The Morgan fingerprint density at radius 1 is 1.05 bits per heavy atom. The second-order valence-electron chi connectivity index (χ2n) is 4.86. The number of ether oxygens (including phenoxy) is 1. The maximum atomic E-state index is 5.87. The molecule has 0 amide bonds. The fourth-order valence-corrected chi connectivity index (χ4v) is 1.98. The smallest absolute Gasteiger partial charge is 0.120 e. The van der Waals surface area contributed by atoms with Gasteiger partial charge in [-0.3, -0.25) is 0 Å². The Bertz CT molecular complexity index is 496. The van der Waals surface area contributed by atoms with Gasteiger partial charge in [0.25, 0.3) is 0 Å². The molecule has 0 radical (unpaired) electrons. The second-order valence-corrected chi connectivity index (χ2v) is 4.86. The molecule has 2 rings (SSSR count). The van der Waals surface area contributed by atoms with Crippen molar-refractivity contribution in [3.63, 3.8) is 0 Å². The van der Waals surface area contributed by atoms with E-state index in [1.54, 1.807) is 0 Å². The lowest BCUT2D eigenvalue weighted by Gasteiger charge is -2.15. The van der Waals surface area contributed by atoms with Crippen molar-refractivity contribution in [3.8, 4) is 5.75 Å². The van der Waals surface area contributed by atoms with Crippen LogP contribution in [0.4, 0.5) is 0 Å². The number of aryl methyl sites for hydroxylation is 1. The van der Waals surface area contributed by atoms with Crippen molar-refractivity contribution in [3.05, 3.63) is 65.7 Å². The fourth-order valence-electron chi connectivity index (χ4n) is 1.98. The highest BCUT2D eigenvalue weighted by Gasteiger charge is 2.03. The van der Waals surface area contributed by atoms with Crippen LogP contribution in [0.5, 0.6) is 5.75 Å². The zero-order chi connectivity index (χ0) is 13.5. The topological polar surface area (TPSA) is 21.3 Å². The van der Waals surface area contributed by atoms with E-state index in [4.69, 9.17) is 4.74 Å². The van der Waals surface area contributed by atoms with Gasteiger partial charge in [0.15, 0.2) is 0 Å². The molecular weight excluding hydrogens is 234 g/mol. The molecule has 0 aliphatic carbocycles. The Morgan fingerprint density at radius 3 is 2.58 bits per heavy atom. The molecule has 0 heterocycles. The van der Waals surface area contributed by atoms with Gasteiger partial charge in [0.1, 0.15) is 11.9 Å². The Balaban J connectivity index is 1.74. The fraction of sp³-hybridized carbons (Fsp3) is 0.294. The molecule has 1 atom stereocenters. The van der Waals surface area contributed by atoms with E-state index < -0.39 is 0 Å². The number of benzene rings is 2. The normalized spacial score (nSPS) is 12.1. The Kier molecular flexibility index (Phi) is 4.99. The average molecular weight is 255 g/mol. The maximum absolute atomic E-state index is 5.87. The van der Waals surface area contributed by atoms with E-state index in [0.29, 0.717) is 0 Å². The van der Waals surface area contributed by atoms with E-state index in [-0.39, 0.29) is 6.10 Å². The largest absolute Gasteiger partial charge is 0.489 e. The van der Waals surface area contributed by atoms with E-state index in [2.05, 4.69) is 55.6 Å². The Labute approximate surface area is 115 Å². The number of rotatable bonds is 6. The molecule has 1 N–H and O–H groups in total. The van der Waals surface area contributed by atoms with Crippen LogP contribution < -0.4 is 10.1 Å². The summed E-state index contributed by atoms with van der Waals surface area (Å²) in [5, 5.41) is 3.41. The van der Waals surface area contributed by atoms with E-state index in [1.165, 1.54) is 11.1 Å². The molecule has 2 aromatic carbocycles. The number of hydrogen-bond donors (Lipinski definition) is 1. The van der Waals surface area contributed by atoms with Crippen molar-refractivity contribution in [2.24, 2.45) is 0 Å². The van der Waals surface area contributed by atoms with Gasteiger partial charge in [-0.2, -0.15) is 0 Å². The summed E-state index contributed by atoms with van der Waals surface area (Å²) in [4.78, 5) is 0. The van der Waals surface area contributed by atoms with Crippen LogP contribution in [0.1, 0.15) is 18.1 Å². The molecule has 0 aliphatic rings. The third kappa shape index (κ3) is 4.76. The molecule has 2 nitrogen and oxygen atoms in total. The first-order valence-electron chi connectivity index (χ1n) is 6.72. The highest BCUT2D eigenvalue weighted by molar-refractivity contribution is 5.27. The second kappa shape index (κ2) is 6.95. The summed E-state index contributed by atoms with van der Waals surface area (Å²) in [6.45, 7) is 5.87. The molecule has 0 bridgehead atoms. The molecule has 0 saturated carbocycles. The lowest BCUT2D eigenvalue weighted by Crippen LogP contribution is -2.28. The molecule has 0 aromatic heterocycles. The number of nitrogens with one attached hydrogen (secondary N) is 1. The van der Waals surface area contributed by atoms with Gasteiger partial charge in [-0.1, -0.05) is 42.5 Å². The molecule has 0 fully saturated rings. The van der Waals surface area contributed by atoms with Gasteiger partial charge < -0.3 is 10.1 Å². The van der Waals surface area contributed by atoms with E-state index in [9.17, 15) is 0 Å². The molecule has 100 valence electrons. The molecule has 2 heteroatoms. The number of hydrogen-bond acceptors (Lipinski definition) is 2. The van der Waals surface area contributed by atoms with Gasteiger partial charge in [0.05, 0.1) is 0 Å². The molecule has 0 spiro atoms. The third-order valence-electron chi connectivity index (χ3n) is 2.93. The van der Waals surface area contributed by atoms with Crippen LogP contribution >= 0.6 is 0 Å². The monoisotopic (exact) mass is 255 g/mol. The van der Waals surface area contributed by atoms with Gasteiger partial charge in [-0.05, 0) is 37.1 Å². The van der Waals surface area contributed by atoms with Crippen LogP contribution in [0.25, 0.3) is 0 Å². The Hall–Kier alpha value is -1.80. The van der Waals surface area contributed by atoms with Crippen molar-refractivity contribution in [2.45, 2.75) is 26.5 Å². The Morgan fingerprint density at radius 2 is 1.84 bits per heavy atom. The minimum Gasteiger partial charge on any atom is -0.489 e. The SMILES string of the molecule is Cc1cccc(OC(C)CNCc2ccccc2)c1. The summed E-state index contributed by atoms with van der Waals surface area (Å²) in [6.07, 6.45) is 0.158. The van der Waals surface area contributed by atoms with Gasteiger partial charge in [-0.25, -0.2) is 0 Å². The van der Waals surface area contributed by atoms with Gasteiger partial charge in [-0.15, -0.1) is 0 Å². The van der Waals surface area contributed by atoms with Crippen LogP contribution in [0.3, 0.4) is 0 Å². The average Bonchev–Trinajstić information content (AvgIpc) is 2.40. The molecule has 1 unspecified atom stereocenters. The van der Waals surface area contributed by atoms with Crippen LogP contribution in [0.15, 0.2) is 54.6 Å². The van der Waals surface area contributed by atoms with Crippen LogP contribution in [0.2, 0.25) is 0 Å². The van der Waals surface area contributed by atoms with E-state index in [1.807, 2.05) is 18.2 Å². The molecular formula is C17H21NO. The lowest BCUT2D eigenvalue weighted by atomic mass is 10.2. The first kappa shape index (κ1) is 13.6. The molecule has 19 heavy (non-hydrogen) atoms. The van der Waals surface area contributed by atoms with Crippen LogP contribution in [0, 0.1) is 6.92 Å². The van der Waals surface area contributed by atoms with Crippen LogP contribution in [-0.2, 0) is 6.54 Å². The zero-order valence-corrected chi connectivity index (χ0v) is 11.6. The van der Waals surface area contributed by atoms with Crippen LogP contribution in [-0.4, -0.2) is 12.6 Å².